The molecule has 88 valence electrons. The van der Waals surface area contributed by atoms with Crippen molar-refractivity contribution in [3.05, 3.63) is 39.9 Å². The van der Waals surface area contributed by atoms with Crippen molar-refractivity contribution in [2.24, 2.45) is 0 Å². The maximum absolute atomic E-state index is 11.6. The summed E-state index contributed by atoms with van der Waals surface area (Å²) in [6.45, 7) is 2.14. The lowest BCUT2D eigenvalue weighted by Gasteiger charge is -2.02. The Morgan fingerprint density at radius 3 is 3.00 bits per heavy atom. The van der Waals surface area contributed by atoms with Gasteiger partial charge in [0.05, 0.1) is 18.4 Å². The highest BCUT2D eigenvalue weighted by Crippen LogP contribution is 2.22. The summed E-state index contributed by atoms with van der Waals surface area (Å²) in [5, 5.41) is 0. The van der Waals surface area contributed by atoms with E-state index in [-0.39, 0.29) is 5.97 Å². The number of ether oxygens (including phenoxy) is 1. The van der Waals surface area contributed by atoms with Gasteiger partial charge in [-0.1, -0.05) is 12.1 Å². The Morgan fingerprint density at radius 1 is 1.53 bits per heavy atom. The average molecular weight is 343 g/mol. The van der Waals surface area contributed by atoms with E-state index in [2.05, 4.69) is 4.98 Å². The third-order valence-corrected chi connectivity index (χ3v) is 2.63. The number of carbonyl (C=O) groups excluding carboxylic acids is 1. The predicted molar refractivity (Wildman–Crippen MR) is 70.6 cm³/mol. The molecule has 0 aliphatic heterocycles. The minimum atomic E-state index is -0.330. The number of hydrogen-bond acceptors (Lipinski definition) is 4. The Hall–Kier alpha value is -1.37. The molecule has 0 N–H and O–H groups in total. The van der Waals surface area contributed by atoms with Crippen LogP contribution in [0.15, 0.2) is 34.9 Å². The Bertz CT molecular complexity index is 536. The number of oxazole rings is 1. The van der Waals surface area contributed by atoms with Gasteiger partial charge in [0, 0.05) is 28.2 Å². The summed E-state index contributed by atoms with van der Waals surface area (Å²) in [6, 6.07) is 7.09. The van der Waals surface area contributed by atoms with Crippen LogP contribution in [-0.2, 0) is 4.74 Å². The van der Waals surface area contributed by atoms with Crippen molar-refractivity contribution >= 4 is 28.6 Å². The number of esters is 1. The number of benzene rings is 1. The van der Waals surface area contributed by atoms with Gasteiger partial charge in [-0.25, -0.2) is 9.78 Å². The maximum atomic E-state index is 11.6. The molecule has 1 aromatic carbocycles. The second kappa shape index (κ2) is 5.31. The van der Waals surface area contributed by atoms with Gasteiger partial charge in [-0.15, -0.1) is 0 Å². The van der Waals surface area contributed by atoms with Crippen molar-refractivity contribution in [1.82, 2.24) is 4.98 Å². The van der Waals surface area contributed by atoms with Crippen LogP contribution in [0.3, 0.4) is 0 Å². The molecule has 5 heteroatoms. The average Bonchev–Trinajstić information content (AvgIpc) is 2.76. The third-order valence-electron chi connectivity index (χ3n) is 2.14. The lowest BCUT2D eigenvalue weighted by atomic mass is 10.1. The molecule has 0 radical (unpaired) electrons. The quantitative estimate of drug-likeness (QED) is 0.635. The van der Waals surface area contributed by atoms with Gasteiger partial charge in [0.25, 0.3) is 3.90 Å². The van der Waals surface area contributed by atoms with Gasteiger partial charge in [0.1, 0.15) is 0 Å². The zero-order valence-corrected chi connectivity index (χ0v) is 11.3. The minimum absolute atomic E-state index is 0.330. The largest absolute Gasteiger partial charge is 0.462 e. The molecule has 0 atom stereocenters. The molecule has 0 saturated heterocycles. The van der Waals surface area contributed by atoms with Gasteiger partial charge in [-0.05, 0) is 19.1 Å². The van der Waals surface area contributed by atoms with Crippen molar-refractivity contribution in [2.75, 3.05) is 6.61 Å². The fourth-order valence-corrected chi connectivity index (χ4v) is 1.78. The zero-order valence-electron chi connectivity index (χ0n) is 9.14. The van der Waals surface area contributed by atoms with E-state index in [9.17, 15) is 4.79 Å². The highest BCUT2D eigenvalue weighted by Gasteiger charge is 2.09. The van der Waals surface area contributed by atoms with Crippen LogP contribution in [-0.4, -0.2) is 17.6 Å². The summed E-state index contributed by atoms with van der Waals surface area (Å²) in [6.07, 6.45) is 1.63. The Morgan fingerprint density at radius 2 is 2.35 bits per heavy atom. The molecule has 0 amide bonds. The molecule has 0 spiro atoms. The monoisotopic (exact) mass is 343 g/mol. The van der Waals surface area contributed by atoms with Crippen molar-refractivity contribution in [2.45, 2.75) is 6.92 Å². The van der Waals surface area contributed by atoms with E-state index in [1.807, 2.05) is 28.7 Å². The van der Waals surface area contributed by atoms with Crippen molar-refractivity contribution in [3.63, 3.8) is 0 Å². The molecule has 0 bridgehead atoms. The molecule has 0 fully saturated rings. The van der Waals surface area contributed by atoms with Gasteiger partial charge in [-0.2, -0.15) is 0 Å². The summed E-state index contributed by atoms with van der Waals surface area (Å²) in [5.74, 6) is 0.309. The molecule has 4 nitrogen and oxygen atoms in total. The topological polar surface area (TPSA) is 52.3 Å². The van der Waals surface area contributed by atoms with Gasteiger partial charge in [0.2, 0.25) is 0 Å². The molecule has 0 unspecified atom stereocenters. The SMILES string of the molecule is CCOC(=O)c1cccc(-c2cnc(I)o2)c1. The molecule has 0 aliphatic carbocycles. The minimum Gasteiger partial charge on any atom is -0.462 e. The van der Waals surface area contributed by atoms with Crippen LogP contribution in [0.25, 0.3) is 11.3 Å². The molecule has 2 aromatic rings. The molecule has 1 heterocycles. The van der Waals surface area contributed by atoms with Crippen molar-refractivity contribution < 1.29 is 13.9 Å². The summed E-state index contributed by atoms with van der Waals surface area (Å²) >= 11 is 1.99. The summed E-state index contributed by atoms with van der Waals surface area (Å²) < 4.78 is 10.9. The summed E-state index contributed by atoms with van der Waals surface area (Å²) in [4.78, 5) is 15.6. The van der Waals surface area contributed by atoms with E-state index in [1.165, 1.54) is 0 Å². The molecule has 0 saturated carbocycles. The van der Waals surface area contributed by atoms with Gasteiger partial charge in [-0.3, -0.25) is 0 Å². The van der Waals surface area contributed by atoms with Crippen LogP contribution in [0, 0.1) is 3.90 Å². The highest BCUT2D eigenvalue weighted by molar-refractivity contribution is 14.1. The first-order valence-corrected chi connectivity index (χ1v) is 6.17. The number of halogens is 1. The molecule has 17 heavy (non-hydrogen) atoms. The lowest BCUT2D eigenvalue weighted by molar-refractivity contribution is 0.0526. The molecular formula is C12H10INO3. The first-order valence-electron chi connectivity index (χ1n) is 5.09. The van der Waals surface area contributed by atoms with Gasteiger partial charge >= 0.3 is 5.97 Å². The van der Waals surface area contributed by atoms with E-state index < -0.39 is 0 Å². The Balaban J connectivity index is 2.31. The zero-order chi connectivity index (χ0) is 12.3. The number of nitrogens with zero attached hydrogens (tertiary/aromatic N) is 1. The summed E-state index contributed by atoms with van der Waals surface area (Å²) in [7, 11) is 0. The van der Waals surface area contributed by atoms with Gasteiger partial charge < -0.3 is 9.15 Å². The Kier molecular flexibility index (Phi) is 3.78. The standard InChI is InChI=1S/C12H10INO3/c1-2-16-11(15)9-5-3-4-8(6-9)10-7-14-12(13)17-10/h3-7H,2H2,1H3. The van der Waals surface area contributed by atoms with Crippen molar-refractivity contribution in [3.8, 4) is 11.3 Å². The Labute approximate surface area is 112 Å². The number of hydrogen-bond donors (Lipinski definition) is 0. The summed E-state index contributed by atoms with van der Waals surface area (Å²) in [5.41, 5.74) is 1.32. The molecule has 0 aliphatic rings. The van der Waals surface area contributed by atoms with E-state index in [1.54, 1.807) is 31.3 Å². The molecule has 1 aromatic heterocycles. The van der Waals surface area contributed by atoms with E-state index in [4.69, 9.17) is 9.15 Å². The number of rotatable bonds is 3. The van der Waals surface area contributed by atoms with Crippen LogP contribution >= 0.6 is 22.6 Å². The number of aromatic nitrogens is 1. The van der Waals surface area contributed by atoms with Crippen LogP contribution in [0.4, 0.5) is 0 Å². The second-order valence-electron chi connectivity index (χ2n) is 3.28. The number of carbonyl (C=O) groups is 1. The van der Waals surface area contributed by atoms with Crippen LogP contribution in [0.1, 0.15) is 17.3 Å². The van der Waals surface area contributed by atoms with E-state index in [0.29, 0.717) is 21.8 Å². The molecule has 2 rings (SSSR count). The van der Waals surface area contributed by atoms with E-state index >= 15 is 0 Å². The fourth-order valence-electron chi connectivity index (χ4n) is 1.40. The van der Waals surface area contributed by atoms with Crippen LogP contribution in [0.5, 0.6) is 0 Å². The van der Waals surface area contributed by atoms with Crippen molar-refractivity contribution in [1.29, 1.82) is 0 Å². The predicted octanol–water partition coefficient (Wildman–Crippen LogP) is 3.12. The smallest absolute Gasteiger partial charge is 0.338 e. The van der Waals surface area contributed by atoms with Crippen LogP contribution < -0.4 is 0 Å². The normalized spacial score (nSPS) is 10.2. The second-order valence-corrected chi connectivity index (χ2v) is 4.20. The van der Waals surface area contributed by atoms with Gasteiger partial charge in [0.15, 0.2) is 5.76 Å². The maximum Gasteiger partial charge on any atom is 0.338 e. The fraction of sp³-hybridized carbons (Fsp3) is 0.167. The highest BCUT2D eigenvalue weighted by atomic mass is 127. The first kappa shape index (κ1) is 12.1. The molecular weight excluding hydrogens is 333 g/mol. The van der Waals surface area contributed by atoms with E-state index in [0.717, 1.165) is 5.56 Å². The third kappa shape index (κ3) is 2.85. The van der Waals surface area contributed by atoms with Crippen LogP contribution in [0.2, 0.25) is 0 Å². The first-order chi connectivity index (χ1) is 8.20. The lowest BCUT2D eigenvalue weighted by Crippen LogP contribution is -2.04.